The molecule has 0 saturated heterocycles. The summed E-state index contributed by atoms with van der Waals surface area (Å²) in [6.45, 7) is 1.93. The second-order valence-electron chi connectivity index (χ2n) is 5.29. The van der Waals surface area contributed by atoms with Gasteiger partial charge in [0.15, 0.2) is 0 Å². The molecule has 0 spiro atoms. The van der Waals surface area contributed by atoms with Crippen molar-refractivity contribution in [3.8, 4) is 0 Å². The topological polar surface area (TPSA) is 61.4 Å². The van der Waals surface area contributed by atoms with E-state index in [4.69, 9.17) is 5.11 Å². The van der Waals surface area contributed by atoms with Crippen molar-refractivity contribution in [3.63, 3.8) is 0 Å². The van der Waals surface area contributed by atoms with Crippen LogP contribution in [-0.2, 0) is 0 Å². The molecule has 0 bridgehead atoms. The largest absolute Gasteiger partial charge is 0.396 e. The maximum atomic E-state index is 12.2. The lowest BCUT2D eigenvalue weighted by Crippen LogP contribution is -2.42. The number of aliphatic hydroxyl groups is 1. The normalized spacial score (nSPS) is 12.0. The third kappa shape index (κ3) is 4.60. The van der Waals surface area contributed by atoms with Gasteiger partial charge < -0.3 is 15.7 Å². The Balaban J connectivity index is 2.14. The van der Waals surface area contributed by atoms with Gasteiger partial charge in [0.1, 0.15) is 0 Å². The number of hydrogen-bond donors (Lipinski definition) is 3. The van der Waals surface area contributed by atoms with E-state index < -0.39 is 0 Å². The van der Waals surface area contributed by atoms with E-state index >= 15 is 0 Å². The Morgan fingerprint density at radius 2 is 1.45 bits per heavy atom. The molecule has 116 valence electrons. The highest BCUT2D eigenvalue weighted by atomic mass is 16.3. The van der Waals surface area contributed by atoms with Crippen molar-refractivity contribution < 1.29 is 9.90 Å². The van der Waals surface area contributed by atoms with E-state index in [0.717, 1.165) is 11.1 Å². The predicted molar refractivity (Wildman–Crippen MR) is 87.6 cm³/mol. The van der Waals surface area contributed by atoms with E-state index in [1.807, 2.05) is 67.6 Å². The molecular formula is C18H22N2O2. The summed E-state index contributed by atoms with van der Waals surface area (Å²) in [7, 11) is 0. The maximum Gasteiger partial charge on any atom is 0.315 e. The van der Waals surface area contributed by atoms with Crippen LogP contribution in [-0.4, -0.2) is 23.8 Å². The van der Waals surface area contributed by atoms with Crippen LogP contribution in [0.2, 0.25) is 0 Å². The van der Waals surface area contributed by atoms with E-state index in [9.17, 15) is 4.79 Å². The monoisotopic (exact) mass is 298 g/mol. The lowest BCUT2D eigenvalue weighted by Gasteiger charge is -2.22. The summed E-state index contributed by atoms with van der Waals surface area (Å²) in [5, 5.41) is 14.8. The predicted octanol–water partition coefficient (Wildman–Crippen LogP) is 2.85. The summed E-state index contributed by atoms with van der Waals surface area (Å²) in [5.41, 5.74) is 2.05. The van der Waals surface area contributed by atoms with E-state index in [2.05, 4.69) is 10.6 Å². The molecule has 0 saturated carbocycles. The van der Waals surface area contributed by atoms with Crippen LogP contribution in [0.5, 0.6) is 0 Å². The Kier molecular flexibility index (Phi) is 5.98. The van der Waals surface area contributed by atoms with Crippen molar-refractivity contribution in [1.29, 1.82) is 0 Å². The summed E-state index contributed by atoms with van der Waals surface area (Å²) >= 11 is 0. The molecule has 0 heterocycles. The van der Waals surface area contributed by atoms with Gasteiger partial charge in [0.05, 0.1) is 6.04 Å². The smallest absolute Gasteiger partial charge is 0.315 e. The molecule has 3 N–H and O–H groups in total. The molecule has 2 rings (SSSR count). The average molecular weight is 298 g/mol. The van der Waals surface area contributed by atoms with E-state index in [1.165, 1.54) is 0 Å². The van der Waals surface area contributed by atoms with Crippen molar-refractivity contribution in [2.45, 2.75) is 25.4 Å². The lowest BCUT2D eigenvalue weighted by molar-refractivity contribution is 0.229. The number of carbonyl (C=O) groups is 1. The minimum absolute atomic E-state index is 0.0578. The second-order valence-corrected chi connectivity index (χ2v) is 5.29. The van der Waals surface area contributed by atoms with Gasteiger partial charge in [-0.05, 0) is 24.5 Å². The number of benzene rings is 2. The highest BCUT2D eigenvalue weighted by molar-refractivity contribution is 5.75. The molecule has 0 radical (unpaired) electrons. The molecule has 2 aromatic carbocycles. The van der Waals surface area contributed by atoms with Gasteiger partial charge in [0, 0.05) is 12.6 Å². The summed E-state index contributed by atoms with van der Waals surface area (Å²) < 4.78 is 0. The summed E-state index contributed by atoms with van der Waals surface area (Å²) in [5.74, 6) is 0. The first kappa shape index (κ1) is 16.0. The van der Waals surface area contributed by atoms with Crippen LogP contribution >= 0.6 is 0 Å². The average Bonchev–Trinajstić information content (AvgIpc) is 2.54. The van der Waals surface area contributed by atoms with Crippen molar-refractivity contribution in [1.82, 2.24) is 10.6 Å². The van der Waals surface area contributed by atoms with Gasteiger partial charge in [-0.2, -0.15) is 0 Å². The second kappa shape index (κ2) is 8.20. The molecule has 0 aliphatic carbocycles. The zero-order chi connectivity index (χ0) is 15.8. The molecular weight excluding hydrogens is 276 g/mol. The molecule has 2 amide bonds. The lowest BCUT2D eigenvalue weighted by atomic mass is 9.99. The summed E-state index contributed by atoms with van der Waals surface area (Å²) in [6, 6.07) is 19.2. The quantitative estimate of drug-likeness (QED) is 0.768. The highest BCUT2D eigenvalue weighted by Crippen LogP contribution is 2.21. The molecule has 0 aromatic heterocycles. The molecule has 4 nitrogen and oxygen atoms in total. The van der Waals surface area contributed by atoms with E-state index in [-0.39, 0.29) is 24.7 Å². The number of hydrogen-bond acceptors (Lipinski definition) is 2. The molecule has 1 atom stereocenters. The molecule has 0 aliphatic heterocycles. The Bertz CT molecular complexity index is 533. The molecule has 22 heavy (non-hydrogen) atoms. The van der Waals surface area contributed by atoms with Crippen molar-refractivity contribution in [2.75, 3.05) is 6.61 Å². The van der Waals surface area contributed by atoms with Gasteiger partial charge in [0.25, 0.3) is 0 Å². The van der Waals surface area contributed by atoms with Gasteiger partial charge >= 0.3 is 6.03 Å². The summed E-state index contributed by atoms with van der Waals surface area (Å²) in [6.07, 6.45) is 0.536. The molecule has 0 aliphatic rings. The Labute approximate surface area is 131 Å². The van der Waals surface area contributed by atoms with Crippen LogP contribution in [0.15, 0.2) is 60.7 Å². The van der Waals surface area contributed by atoms with E-state index in [1.54, 1.807) is 0 Å². The maximum absolute atomic E-state index is 12.2. The van der Waals surface area contributed by atoms with Crippen LogP contribution in [0.4, 0.5) is 4.79 Å². The fourth-order valence-corrected chi connectivity index (χ4v) is 2.31. The van der Waals surface area contributed by atoms with Gasteiger partial charge in [-0.15, -0.1) is 0 Å². The fourth-order valence-electron chi connectivity index (χ4n) is 2.31. The zero-order valence-electron chi connectivity index (χ0n) is 12.7. The Morgan fingerprint density at radius 1 is 0.955 bits per heavy atom. The number of amides is 2. The minimum atomic E-state index is -0.237. The van der Waals surface area contributed by atoms with Crippen LogP contribution in [0, 0.1) is 0 Å². The van der Waals surface area contributed by atoms with E-state index in [0.29, 0.717) is 6.42 Å². The number of nitrogens with one attached hydrogen (secondary N) is 2. The first-order chi connectivity index (χ1) is 10.7. The van der Waals surface area contributed by atoms with Gasteiger partial charge in [-0.1, -0.05) is 60.7 Å². The molecule has 0 unspecified atom stereocenters. The van der Waals surface area contributed by atoms with Gasteiger partial charge in [-0.25, -0.2) is 4.79 Å². The van der Waals surface area contributed by atoms with Gasteiger partial charge in [0.2, 0.25) is 0 Å². The number of carbonyl (C=O) groups excluding carboxylic acids is 1. The van der Waals surface area contributed by atoms with Crippen LogP contribution in [0.25, 0.3) is 0 Å². The van der Waals surface area contributed by atoms with Crippen LogP contribution < -0.4 is 10.6 Å². The Morgan fingerprint density at radius 3 is 1.91 bits per heavy atom. The SMILES string of the molecule is C[C@H](CCO)NC(=O)NC(c1ccccc1)c1ccccc1. The molecule has 2 aromatic rings. The summed E-state index contributed by atoms with van der Waals surface area (Å²) in [4.78, 5) is 12.2. The number of aliphatic hydroxyl groups excluding tert-OH is 1. The fraction of sp³-hybridized carbons (Fsp3) is 0.278. The third-order valence-electron chi connectivity index (χ3n) is 3.48. The Hall–Kier alpha value is -2.33. The van der Waals surface area contributed by atoms with Crippen molar-refractivity contribution >= 4 is 6.03 Å². The van der Waals surface area contributed by atoms with Crippen molar-refractivity contribution in [2.24, 2.45) is 0 Å². The standard InChI is InChI=1S/C18H22N2O2/c1-14(12-13-21)19-18(22)20-17(15-8-4-2-5-9-15)16-10-6-3-7-11-16/h2-11,14,17,21H,12-13H2,1H3,(H2,19,20,22)/t14-/m1/s1. The number of rotatable bonds is 6. The van der Waals surface area contributed by atoms with Crippen LogP contribution in [0.1, 0.15) is 30.5 Å². The minimum Gasteiger partial charge on any atom is -0.396 e. The van der Waals surface area contributed by atoms with Crippen molar-refractivity contribution in [3.05, 3.63) is 71.8 Å². The first-order valence-electron chi connectivity index (χ1n) is 7.48. The first-order valence-corrected chi connectivity index (χ1v) is 7.48. The molecule has 0 fully saturated rings. The van der Waals surface area contributed by atoms with Gasteiger partial charge in [-0.3, -0.25) is 0 Å². The van der Waals surface area contributed by atoms with Crippen LogP contribution in [0.3, 0.4) is 0 Å². The number of urea groups is 1. The zero-order valence-corrected chi connectivity index (χ0v) is 12.7. The highest BCUT2D eigenvalue weighted by Gasteiger charge is 2.17. The molecule has 4 heteroatoms. The third-order valence-corrected chi connectivity index (χ3v) is 3.48.